The van der Waals surface area contributed by atoms with Crippen LogP contribution in [0.2, 0.25) is 38.3 Å². The van der Waals surface area contributed by atoms with Crippen LogP contribution in [0.3, 0.4) is 0 Å². The van der Waals surface area contributed by atoms with E-state index >= 15 is 0 Å². The van der Waals surface area contributed by atoms with Crippen molar-refractivity contribution in [3.8, 4) is 0 Å². The summed E-state index contributed by atoms with van der Waals surface area (Å²) in [5.74, 6) is 0. The molecule has 2 fully saturated rings. The zero-order chi connectivity index (χ0) is 19.5. The Morgan fingerprint density at radius 2 is 1.08 bits per heavy atom. The molecule has 0 aromatic rings. The predicted octanol–water partition coefficient (Wildman–Crippen LogP) is 3.29. The van der Waals surface area contributed by atoms with E-state index in [1.54, 1.807) is 0 Å². The molecule has 0 aromatic heterocycles. The molecule has 2 heterocycles. The molecule has 6 nitrogen and oxygen atoms in total. The van der Waals surface area contributed by atoms with Crippen LogP contribution < -0.4 is 0 Å². The molecule has 2 atom stereocenters. The van der Waals surface area contributed by atoms with Gasteiger partial charge in [0.2, 0.25) is 0 Å². The second-order valence-electron chi connectivity index (χ2n) is 8.20. The molecule has 0 bridgehead atoms. The highest BCUT2D eigenvalue weighted by Crippen LogP contribution is 2.14. The normalized spacial score (nSPS) is 21.9. The topological polar surface area (TPSA) is 62.0 Å². The second-order valence-corrected chi connectivity index (χ2v) is 17.1. The quantitative estimate of drug-likeness (QED) is 0.250. The molecule has 0 radical (unpaired) electrons. The van der Waals surface area contributed by atoms with Crippen LogP contribution in [0.15, 0.2) is 0 Å². The van der Waals surface area contributed by atoms with E-state index in [0.29, 0.717) is 12.2 Å². The van der Waals surface area contributed by atoms with Crippen molar-refractivity contribution >= 4 is 16.6 Å². The third-order valence-electron chi connectivity index (χ3n) is 4.65. The van der Waals surface area contributed by atoms with Gasteiger partial charge in [-0.05, 0) is 51.1 Å². The summed E-state index contributed by atoms with van der Waals surface area (Å²) in [5, 5.41) is 0. The number of hydrogen-bond donors (Lipinski definition) is 0. The van der Waals surface area contributed by atoms with Crippen molar-refractivity contribution in [2.75, 3.05) is 53.9 Å². The van der Waals surface area contributed by atoms with Crippen LogP contribution in [-0.2, 0) is 27.8 Å². The number of hydrogen-bond acceptors (Lipinski definition) is 6. The molecule has 26 heavy (non-hydrogen) atoms. The van der Waals surface area contributed by atoms with Crippen molar-refractivity contribution in [3.63, 3.8) is 0 Å². The number of ether oxygens (including phenoxy) is 4. The lowest BCUT2D eigenvalue weighted by atomic mass is 10.5. The summed E-state index contributed by atoms with van der Waals surface area (Å²) in [6.07, 6.45) is 3.01. The minimum Gasteiger partial charge on any atom is -0.420 e. The first-order valence-electron chi connectivity index (χ1n) is 9.77. The van der Waals surface area contributed by atoms with Crippen molar-refractivity contribution in [1.82, 2.24) is 0 Å². The summed E-state index contributed by atoms with van der Waals surface area (Å²) >= 11 is 0. The molecule has 0 N–H and O–H groups in total. The summed E-state index contributed by atoms with van der Waals surface area (Å²) in [6, 6.07) is 2.35. The monoisotopic (exact) mass is 408 g/mol. The van der Waals surface area contributed by atoms with Crippen LogP contribution in [0.5, 0.6) is 0 Å². The maximum atomic E-state index is 5.44. The first kappa shape index (κ1) is 24.2. The molecule has 0 saturated carbocycles. The van der Waals surface area contributed by atoms with Gasteiger partial charge in [0.15, 0.2) is 16.6 Å². The summed E-state index contributed by atoms with van der Waals surface area (Å²) in [6.45, 7) is 13.9. The Hall–Kier alpha value is 0.194. The van der Waals surface area contributed by atoms with Gasteiger partial charge in [-0.25, -0.2) is 0 Å². The number of epoxide rings is 2. The Kier molecular flexibility index (Phi) is 11.8. The molecule has 2 rings (SSSR count). The van der Waals surface area contributed by atoms with Gasteiger partial charge in [-0.15, -0.1) is 0 Å². The molecule has 8 heteroatoms. The minimum atomic E-state index is -1.35. The van der Waals surface area contributed by atoms with Crippen molar-refractivity contribution in [2.24, 2.45) is 0 Å². The molecule has 2 aliphatic rings. The maximum absolute atomic E-state index is 5.44. The van der Waals surface area contributed by atoms with Crippen LogP contribution in [0, 0.1) is 0 Å². The Bertz CT molecular complexity index is 326. The van der Waals surface area contributed by atoms with Crippen molar-refractivity contribution in [1.29, 1.82) is 0 Å². The molecule has 0 amide bonds. The first-order valence-corrected chi connectivity index (χ1v) is 16.0. The molecular weight excluding hydrogens is 368 g/mol. The second kappa shape index (κ2) is 12.6. The molecule has 0 aromatic carbocycles. The molecule has 156 valence electrons. The lowest BCUT2D eigenvalue weighted by molar-refractivity contribution is 0.116. The van der Waals surface area contributed by atoms with Gasteiger partial charge in [0, 0.05) is 27.4 Å². The molecule has 2 unspecified atom stereocenters. The fraction of sp³-hybridized carbons (Fsp3) is 1.00. The van der Waals surface area contributed by atoms with Crippen LogP contribution >= 0.6 is 0 Å². The lowest BCUT2D eigenvalue weighted by Crippen LogP contribution is -2.28. The average Bonchev–Trinajstić information content (AvgIpc) is 3.49. The predicted molar refractivity (Wildman–Crippen MR) is 109 cm³/mol. The Morgan fingerprint density at radius 3 is 1.35 bits per heavy atom. The lowest BCUT2D eigenvalue weighted by Gasteiger charge is -2.19. The minimum absolute atomic E-state index is 0.396. The molecule has 0 spiro atoms. The van der Waals surface area contributed by atoms with E-state index in [1.807, 2.05) is 14.2 Å². The van der Waals surface area contributed by atoms with E-state index in [0.717, 1.165) is 52.5 Å². The molecule has 0 aliphatic carbocycles. The first-order chi connectivity index (χ1) is 12.3. The highest BCUT2D eigenvalue weighted by Gasteiger charge is 2.24. The van der Waals surface area contributed by atoms with Crippen LogP contribution in [-0.4, -0.2) is 82.7 Å². The fourth-order valence-corrected chi connectivity index (χ4v) is 4.56. The van der Waals surface area contributed by atoms with E-state index in [4.69, 9.17) is 27.8 Å². The van der Waals surface area contributed by atoms with E-state index in [2.05, 4.69) is 26.2 Å². The van der Waals surface area contributed by atoms with Gasteiger partial charge in [0.05, 0.1) is 26.4 Å². The van der Waals surface area contributed by atoms with Crippen LogP contribution in [0.1, 0.15) is 12.8 Å². The summed E-state index contributed by atoms with van der Waals surface area (Å²) in [7, 11) is 0.921. The Labute approximate surface area is 162 Å². The molecular formula is C18H40O6Si2. The molecule has 2 aliphatic heterocycles. The van der Waals surface area contributed by atoms with Crippen molar-refractivity contribution in [3.05, 3.63) is 0 Å². The summed E-state index contributed by atoms with van der Waals surface area (Å²) in [5.41, 5.74) is 0. The van der Waals surface area contributed by atoms with E-state index < -0.39 is 16.6 Å². The highest BCUT2D eigenvalue weighted by molar-refractivity contribution is 6.71. The fourth-order valence-electron chi connectivity index (χ4n) is 2.16. The summed E-state index contributed by atoms with van der Waals surface area (Å²) in [4.78, 5) is 0. The Balaban J connectivity index is 0.000000260. The maximum Gasteiger partial charge on any atom is 0.186 e. The van der Waals surface area contributed by atoms with Crippen molar-refractivity contribution < 1.29 is 27.8 Å². The third-order valence-corrected chi connectivity index (χ3v) is 9.98. The van der Waals surface area contributed by atoms with Crippen molar-refractivity contribution in [2.45, 2.75) is 63.3 Å². The standard InChI is InChI=1S/2C9H20O3Si/c2*1-10-13(2,3)6-4-5-11-7-9-8-12-9/h2*9H,4-8H2,1-3H3. The SMILES string of the molecule is CO[Si](C)(C)CCCOCC1CO1.CO[Si](C)(C)CCCOCC1CO1. The highest BCUT2D eigenvalue weighted by atomic mass is 28.4. The largest absolute Gasteiger partial charge is 0.420 e. The van der Waals surface area contributed by atoms with Crippen LogP contribution in [0.25, 0.3) is 0 Å². The smallest absolute Gasteiger partial charge is 0.186 e. The van der Waals surface area contributed by atoms with Gasteiger partial charge < -0.3 is 27.8 Å². The van der Waals surface area contributed by atoms with Gasteiger partial charge in [0.25, 0.3) is 0 Å². The average molecular weight is 409 g/mol. The third kappa shape index (κ3) is 14.3. The number of rotatable bonds is 14. The summed E-state index contributed by atoms with van der Waals surface area (Å²) < 4.78 is 31.8. The molecule has 2 saturated heterocycles. The van der Waals surface area contributed by atoms with Gasteiger partial charge >= 0.3 is 0 Å². The van der Waals surface area contributed by atoms with Gasteiger partial charge in [-0.3, -0.25) is 0 Å². The van der Waals surface area contributed by atoms with Gasteiger partial charge in [0.1, 0.15) is 12.2 Å². The van der Waals surface area contributed by atoms with Crippen LogP contribution in [0.4, 0.5) is 0 Å². The van der Waals surface area contributed by atoms with Gasteiger partial charge in [-0.1, -0.05) is 0 Å². The van der Waals surface area contributed by atoms with E-state index in [-0.39, 0.29) is 0 Å². The van der Waals surface area contributed by atoms with E-state index in [9.17, 15) is 0 Å². The Morgan fingerprint density at radius 1 is 0.731 bits per heavy atom. The zero-order valence-corrected chi connectivity index (χ0v) is 19.7. The van der Waals surface area contributed by atoms with E-state index in [1.165, 1.54) is 12.1 Å². The van der Waals surface area contributed by atoms with Gasteiger partial charge in [-0.2, -0.15) is 0 Å². The zero-order valence-electron chi connectivity index (χ0n) is 17.7.